The zero-order valence-corrected chi connectivity index (χ0v) is 15.6. The van der Waals surface area contributed by atoms with Crippen molar-refractivity contribution in [2.45, 2.75) is 12.1 Å². The summed E-state index contributed by atoms with van der Waals surface area (Å²) in [6.45, 7) is 2.11. The first-order valence-corrected chi connectivity index (χ1v) is 9.33. The summed E-state index contributed by atoms with van der Waals surface area (Å²) in [6, 6.07) is 13.5. The molecule has 0 amide bonds. The predicted molar refractivity (Wildman–Crippen MR) is 101 cm³/mol. The smallest absolute Gasteiger partial charge is 0.316 e. The van der Waals surface area contributed by atoms with E-state index < -0.39 is 0 Å². The van der Waals surface area contributed by atoms with Gasteiger partial charge in [-0.25, -0.2) is 9.37 Å². The Morgan fingerprint density at radius 3 is 2.54 bits per heavy atom. The first kappa shape index (κ1) is 18.5. The van der Waals surface area contributed by atoms with E-state index in [1.807, 2.05) is 16.7 Å². The second kappa shape index (κ2) is 8.38. The van der Waals surface area contributed by atoms with E-state index in [9.17, 15) is 9.18 Å². The summed E-state index contributed by atoms with van der Waals surface area (Å²) in [5.41, 5.74) is 2.45. The van der Waals surface area contributed by atoms with Gasteiger partial charge in [-0.3, -0.25) is 9.36 Å². The third-order valence-electron chi connectivity index (χ3n) is 3.58. The molecule has 0 aliphatic heterocycles. The number of hydrogen-bond donors (Lipinski definition) is 0. The third kappa shape index (κ3) is 4.26. The molecule has 0 saturated heterocycles. The Labute approximate surface area is 160 Å². The van der Waals surface area contributed by atoms with Crippen molar-refractivity contribution in [1.82, 2.24) is 9.55 Å². The number of benzene rings is 2. The SMILES string of the molecule is CCOC(=O)CSc1ncc(-c2ccc(F)cc2)n1-c1ccc(Cl)cc1. The van der Waals surface area contributed by atoms with Crippen LogP contribution in [0.1, 0.15) is 6.92 Å². The highest BCUT2D eigenvalue weighted by molar-refractivity contribution is 7.99. The lowest BCUT2D eigenvalue weighted by atomic mass is 10.1. The third-order valence-corrected chi connectivity index (χ3v) is 4.76. The van der Waals surface area contributed by atoms with E-state index in [-0.39, 0.29) is 17.5 Å². The number of nitrogens with zero attached hydrogens (tertiary/aromatic N) is 2. The Morgan fingerprint density at radius 1 is 1.19 bits per heavy atom. The van der Waals surface area contributed by atoms with Crippen LogP contribution in [0, 0.1) is 5.82 Å². The molecule has 0 atom stereocenters. The quantitative estimate of drug-likeness (QED) is 0.439. The van der Waals surface area contributed by atoms with Gasteiger partial charge in [0.05, 0.1) is 24.3 Å². The predicted octanol–water partition coefficient (Wildman–Crippen LogP) is 4.99. The lowest BCUT2D eigenvalue weighted by molar-refractivity contribution is -0.139. The molecule has 134 valence electrons. The molecule has 7 heteroatoms. The fraction of sp³-hybridized carbons (Fsp3) is 0.158. The van der Waals surface area contributed by atoms with Gasteiger partial charge >= 0.3 is 5.97 Å². The fourth-order valence-electron chi connectivity index (χ4n) is 2.43. The van der Waals surface area contributed by atoms with Crippen LogP contribution >= 0.6 is 23.4 Å². The lowest BCUT2D eigenvalue weighted by Gasteiger charge is -2.12. The number of imidazole rings is 1. The Balaban J connectivity index is 2.00. The van der Waals surface area contributed by atoms with Crippen LogP contribution in [0.3, 0.4) is 0 Å². The summed E-state index contributed by atoms with van der Waals surface area (Å²) in [5.74, 6) is -0.448. The molecule has 0 fully saturated rings. The molecule has 0 radical (unpaired) electrons. The van der Waals surface area contributed by atoms with Crippen molar-refractivity contribution in [2.75, 3.05) is 12.4 Å². The van der Waals surface area contributed by atoms with E-state index in [0.717, 1.165) is 16.9 Å². The molecule has 1 aromatic heterocycles. The number of carbonyl (C=O) groups is 1. The summed E-state index contributed by atoms with van der Waals surface area (Å²) in [4.78, 5) is 16.1. The minimum Gasteiger partial charge on any atom is -0.465 e. The van der Waals surface area contributed by atoms with Crippen LogP contribution in [0.4, 0.5) is 4.39 Å². The summed E-state index contributed by atoms with van der Waals surface area (Å²) in [7, 11) is 0. The molecule has 3 rings (SSSR count). The van der Waals surface area contributed by atoms with Crippen LogP contribution < -0.4 is 0 Å². The van der Waals surface area contributed by atoms with Gasteiger partial charge in [-0.05, 0) is 55.5 Å². The second-order valence-electron chi connectivity index (χ2n) is 5.34. The van der Waals surface area contributed by atoms with Gasteiger partial charge < -0.3 is 4.74 Å². The average molecular weight is 391 g/mol. The number of halogens is 2. The van der Waals surface area contributed by atoms with Gasteiger partial charge in [0.2, 0.25) is 0 Å². The molecule has 0 bridgehead atoms. The van der Waals surface area contributed by atoms with Gasteiger partial charge in [0.1, 0.15) is 5.82 Å². The molecule has 0 aliphatic carbocycles. The molecule has 2 aromatic carbocycles. The average Bonchev–Trinajstić information content (AvgIpc) is 3.05. The van der Waals surface area contributed by atoms with Crippen LogP contribution in [0.2, 0.25) is 5.02 Å². The van der Waals surface area contributed by atoms with Gasteiger partial charge in [-0.2, -0.15) is 0 Å². The van der Waals surface area contributed by atoms with Crippen molar-refractivity contribution in [1.29, 1.82) is 0 Å². The number of rotatable bonds is 6. The van der Waals surface area contributed by atoms with Crippen LogP contribution in [0.15, 0.2) is 59.9 Å². The van der Waals surface area contributed by atoms with Gasteiger partial charge in [-0.15, -0.1) is 0 Å². The molecule has 0 unspecified atom stereocenters. The Hall–Kier alpha value is -2.31. The molecule has 1 heterocycles. The Kier molecular flexibility index (Phi) is 5.96. The number of thioether (sulfide) groups is 1. The van der Waals surface area contributed by atoms with Crippen molar-refractivity contribution in [3.63, 3.8) is 0 Å². The maximum Gasteiger partial charge on any atom is 0.316 e. The molecular weight excluding hydrogens is 375 g/mol. The zero-order chi connectivity index (χ0) is 18.5. The number of carbonyl (C=O) groups excluding carboxylic acids is 1. The number of ether oxygens (including phenoxy) is 1. The molecule has 4 nitrogen and oxygen atoms in total. The Bertz CT molecular complexity index is 895. The maximum atomic E-state index is 13.3. The van der Waals surface area contributed by atoms with E-state index in [4.69, 9.17) is 16.3 Å². The van der Waals surface area contributed by atoms with E-state index in [2.05, 4.69) is 4.98 Å². The van der Waals surface area contributed by atoms with Crippen LogP contribution in [0.25, 0.3) is 16.9 Å². The topological polar surface area (TPSA) is 44.1 Å². The van der Waals surface area contributed by atoms with Crippen molar-refractivity contribution >= 4 is 29.3 Å². The second-order valence-corrected chi connectivity index (χ2v) is 6.72. The zero-order valence-electron chi connectivity index (χ0n) is 14.0. The number of hydrogen-bond acceptors (Lipinski definition) is 4. The standard InChI is InChI=1S/C19H16ClFN2O2S/c1-2-25-18(24)12-26-19-22-11-17(13-3-7-15(21)8-4-13)23(19)16-9-5-14(20)6-10-16/h3-11H,2,12H2,1H3. The van der Waals surface area contributed by atoms with Crippen LogP contribution in [-0.2, 0) is 9.53 Å². The fourth-order valence-corrected chi connectivity index (χ4v) is 3.34. The molecule has 0 aliphatic rings. The summed E-state index contributed by atoms with van der Waals surface area (Å²) in [6.07, 6.45) is 1.70. The van der Waals surface area contributed by atoms with Crippen molar-refractivity contribution in [3.8, 4) is 16.9 Å². The molecule has 0 saturated carbocycles. The first-order valence-electron chi connectivity index (χ1n) is 7.96. The minimum atomic E-state index is -0.303. The van der Waals surface area contributed by atoms with E-state index in [0.29, 0.717) is 16.8 Å². The lowest BCUT2D eigenvalue weighted by Crippen LogP contribution is -2.08. The summed E-state index contributed by atoms with van der Waals surface area (Å²) < 4.78 is 20.1. The normalized spacial score (nSPS) is 10.7. The van der Waals surface area contributed by atoms with Crippen molar-refractivity contribution < 1.29 is 13.9 Å². The van der Waals surface area contributed by atoms with Gasteiger partial charge in [0.15, 0.2) is 5.16 Å². The largest absolute Gasteiger partial charge is 0.465 e. The highest BCUT2D eigenvalue weighted by Gasteiger charge is 2.16. The summed E-state index contributed by atoms with van der Waals surface area (Å²) in [5, 5.41) is 1.26. The maximum absolute atomic E-state index is 13.3. The van der Waals surface area contributed by atoms with Crippen LogP contribution in [0.5, 0.6) is 0 Å². The highest BCUT2D eigenvalue weighted by Crippen LogP contribution is 2.30. The van der Waals surface area contributed by atoms with Crippen molar-refractivity contribution in [3.05, 3.63) is 65.6 Å². The Morgan fingerprint density at radius 2 is 1.88 bits per heavy atom. The first-order chi connectivity index (χ1) is 12.6. The molecule has 0 spiro atoms. The molecule has 0 N–H and O–H groups in total. The molecule has 26 heavy (non-hydrogen) atoms. The number of esters is 1. The summed E-state index contributed by atoms with van der Waals surface area (Å²) >= 11 is 7.27. The number of aromatic nitrogens is 2. The van der Waals surface area contributed by atoms with Crippen molar-refractivity contribution in [2.24, 2.45) is 0 Å². The van der Waals surface area contributed by atoms with E-state index in [1.54, 1.807) is 37.4 Å². The highest BCUT2D eigenvalue weighted by atomic mass is 35.5. The minimum absolute atomic E-state index is 0.154. The van der Waals surface area contributed by atoms with Gasteiger partial charge in [0, 0.05) is 16.3 Å². The van der Waals surface area contributed by atoms with Gasteiger partial charge in [0.25, 0.3) is 0 Å². The van der Waals surface area contributed by atoms with E-state index in [1.165, 1.54) is 23.9 Å². The van der Waals surface area contributed by atoms with Gasteiger partial charge in [-0.1, -0.05) is 23.4 Å². The molecule has 3 aromatic rings. The van der Waals surface area contributed by atoms with E-state index >= 15 is 0 Å². The van der Waals surface area contributed by atoms with Crippen LogP contribution in [-0.4, -0.2) is 27.9 Å². The monoisotopic (exact) mass is 390 g/mol. The molecular formula is C19H16ClFN2O2S.